The molecule has 0 aliphatic carbocycles. The molecule has 0 spiro atoms. The van der Waals surface area contributed by atoms with Crippen molar-refractivity contribution in [1.82, 2.24) is 10.2 Å². The first-order valence-corrected chi connectivity index (χ1v) is 11.2. The van der Waals surface area contributed by atoms with Gasteiger partial charge in [-0.2, -0.15) is 0 Å². The van der Waals surface area contributed by atoms with Crippen LogP contribution < -0.4 is 10.5 Å². The molecule has 6 nitrogen and oxygen atoms in total. The van der Waals surface area contributed by atoms with Gasteiger partial charge in [0.05, 0.1) is 11.4 Å². The molecule has 0 radical (unpaired) electrons. The van der Waals surface area contributed by atoms with Crippen LogP contribution in [0.25, 0.3) is 0 Å². The summed E-state index contributed by atoms with van der Waals surface area (Å²) >= 11 is 0. The van der Waals surface area contributed by atoms with E-state index in [0.717, 1.165) is 44.0 Å². The number of hydrogen-bond acceptors (Lipinski definition) is 3. The monoisotopic (exact) mass is 400 g/mol. The summed E-state index contributed by atoms with van der Waals surface area (Å²) in [6.07, 6.45) is 2.22. The Balaban J connectivity index is 1.66. The first kappa shape index (κ1) is 20.4. The molecule has 3 N–H and O–H groups in total. The number of likely N-dealkylation sites (tertiary alicyclic amines) is 1. The fourth-order valence-corrected chi connectivity index (χ4v) is 4.14. The smallest absolute Gasteiger partial charge is 0.238 e. The second-order valence-corrected chi connectivity index (χ2v) is 8.71. The molecule has 1 saturated heterocycles. The van der Waals surface area contributed by atoms with Crippen molar-refractivity contribution in [2.75, 3.05) is 19.6 Å². The van der Waals surface area contributed by atoms with Crippen LogP contribution in [0.15, 0.2) is 64.5 Å². The second-order valence-electron chi connectivity index (χ2n) is 7.15. The van der Waals surface area contributed by atoms with Crippen molar-refractivity contribution in [3.05, 3.63) is 65.7 Å². The molecule has 1 fully saturated rings. The van der Waals surface area contributed by atoms with Crippen molar-refractivity contribution in [2.24, 2.45) is 16.0 Å². The molecular weight excluding hydrogens is 372 g/mol. The normalized spacial score (nSPS) is 17.7. The van der Waals surface area contributed by atoms with Gasteiger partial charge in [-0.1, -0.05) is 42.5 Å². The number of hydrogen-bond donors (Lipinski definition) is 2. The predicted octanol–water partition coefficient (Wildman–Crippen LogP) is 2.36. The molecule has 0 bridgehead atoms. The largest absolute Gasteiger partial charge is 0.357 e. The molecule has 150 valence electrons. The lowest BCUT2D eigenvalue weighted by Gasteiger charge is -2.22. The van der Waals surface area contributed by atoms with Gasteiger partial charge < -0.3 is 10.2 Å². The molecular formula is C21H28N4O2S. The van der Waals surface area contributed by atoms with Crippen LogP contribution in [0.2, 0.25) is 0 Å². The molecule has 28 heavy (non-hydrogen) atoms. The highest BCUT2D eigenvalue weighted by Gasteiger charge is 2.25. The zero-order chi connectivity index (χ0) is 20.0. The van der Waals surface area contributed by atoms with Gasteiger partial charge in [0.25, 0.3) is 0 Å². The molecule has 1 atom stereocenters. The van der Waals surface area contributed by atoms with Crippen LogP contribution >= 0.6 is 0 Å². The summed E-state index contributed by atoms with van der Waals surface area (Å²) in [6.45, 7) is 5.19. The van der Waals surface area contributed by atoms with E-state index in [9.17, 15) is 8.42 Å². The number of primary sulfonamides is 1. The Morgan fingerprint density at radius 3 is 2.64 bits per heavy atom. The van der Waals surface area contributed by atoms with Crippen LogP contribution in [0.3, 0.4) is 0 Å². The van der Waals surface area contributed by atoms with Crippen LogP contribution in [0, 0.1) is 5.92 Å². The van der Waals surface area contributed by atoms with E-state index in [1.54, 1.807) is 12.1 Å². The predicted molar refractivity (Wildman–Crippen MR) is 112 cm³/mol. The Kier molecular flexibility index (Phi) is 6.70. The number of guanidine groups is 1. The summed E-state index contributed by atoms with van der Waals surface area (Å²) in [6, 6.07) is 17.2. The number of aliphatic imine (C=N–C) groups is 1. The van der Waals surface area contributed by atoms with Gasteiger partial charge in [-0.25, -0.2) is 18.5 Å². The van der Waals surface area contributed by atoms with E-state index < -0.39 is 10.0 Å². The van der Waals surface area contributed by atoms with Crippen LogP contribution in [-0.2, 0) is 23.0 Å². The molecule has 0 aromatic heterocycles. The van der Waals surface area contributed by atoms with Gasteiger partial charge in [0, 0.05) is 19.6 Å². The van der Waals surface area contributed by atoms with E-state index in [4.69, 9.17) is 10.1 Å². The lowest BCUT2D eigenvalue weighted by molar-refractivity contribution is 0.460. The molecule has 3 rings (SSSR count). The third-order valence-electron chi connectivity index (χ3n) is 4.93. The maximum absolute atomic E-state index is 11.5. The standard InChI is InChI=1S/C21H28N4O2S/c1-2-23-21(24-15-18-9-6-10-20(14-18)28(22,26)27)25-12-11-19(16-25)13-17-7-4-3-5-8-17/h3-10,14,19H,2,11-13,15-16H2,1H3,(H,23,24)(H2,22,26,27). The van der Waals surface area contributed by atoms with E-state index in [1.807, 2.05) is 12.1 Å². The molecule has 2 aromatic rings. The molecule has 0 amide bonds. The maximum atomic E-state index is 11.5. The third-order valence-corrected chi connectivity index (χ3v) is 5.84. The molecule has 2 aromatic carbocycles. The second kappa shape index (κ2) is 9.21. The Bertz CT molecular complexity index is 913. The summed E-state index contributed by atoms with van der Waals surface area (Å²) in [7, 11) is -3.70. The number of nitrogens with two attached hydrogens (primary N) is 1. The fourth-order valence-electron chi connectivity index (χ4n) is 3.55. The molecule has 0 saturated carbocycles. The Morgan fingerprint density at radius 1 is 1.18 bits per heavy atom. The fraction of sp³-hybridized carbons (Fsp3) is 0.381. The highest BCUT2D eigenvalue weighted by molar-refractivity contribution is 7.89. The van der Waals surface area contributed by atoms with E-state index in [0.29, 0.717) is 12.5 Å². The van der Waals surface area contributed by atoms with E-state index >= 15 is 0 Å². The van der Waals surface area contributed by atoms with Gasteiger partial charge in [0.1, 0.15) is 0 Å². The van der Waals surface area contributed by atoms with Gasteiger partial charge in [-0.05, 0) is 48.9 Å². The summed E-state index contributed by atoms with van der Waals surface area (Å²) in [5.74, 6) is 1.48. The number of benzene rings is 2. The zero-order valence-corrected chi connectivity index (χ0v) is 17.0. The number of sulfonamides is 1. The van der Waals surface area contributed by atoms with Gasteiger partial charge in [0.15, 0.2) is 5.96 Å². The van der Waals surface area contributed by atoms with E-state index in [2.05, 4.69) is 41.4 Å². The lowest BCUT2D eigenvalue weighted by Crippen LogP contribution is -2.40. The third kappa shape index (κ3) is 5.56. The average Bonchev–Trinajstić information content (AvgIpc) is 3.14. The van der Waals surface area contributed by atoms with Crippen molar-refractivity contribution < 1.29 is 8.42 Å². The van der Waals surface area contributed by atoms with Crippen molar-refractivity contribution >= 4 is 16.0 Å². The summed E-state index contributed by atoms with van der Waals surface area (Å²) < 4.78 is 23.1. The maximum Gasteiger partial charge on any atom is 0.238 e. The van der Waals surface area contributed by atoms with Crippen molar-refractivity contribution in [2.45, 2.75) is 31.2 Å². The minimum Gasteiger partial charge on any atom is -0.357 e. The molecule has 1 heterocycles. The molecule has 7 heteroatoms. The van der Waals surface area contributed by atoms with Gasteiger partial charge >= 0.3 is 0 Å². The molecule has 1 aliphatic rings. The van der Waals surface area contributed by atoms with Crippen LogP contribution in [0.5, 0.6) is 0 Å². The first-order chi connectivity index (χ1) is 13.5. The first-order valence-electron chi connectivity index (χ1n) is 9.64. The summed E-state index contributed by atoms with van der Waals surface area (Å²) in [4.78, 5) is 7.14. The summed E-state index contributed by atoms with van der Waals surface area (Å²) in [5, 5.41) is 8.58. The highest BCUT2D eigenvalue weighted by atomic mass is 32.2. The Morgan fingerprint density at radius 2 is 1.93 bits per heavy atom. The number of nitrogens with zero attached hydrogens (tertiary/aromatic N) is 2. The van der Waals surface area contributed by atoms with Crippen molar-refractivity contribution in [3.8, 4) is 0 Å². The Hall–Kier alpha value is -2.38. The highest BCUT2D eigenvalue weighted by Crippen LogP contribution is 2.21. The minimum absolute atomic E-state index is 0.120. The topological polar surface area (TPSA) is 87.8 Å². The average molecular weight is 401 g/mol. The molecule has 1 aliphatic heterocycles. The molecule has 1 unspecified atom stereocenters. The van der Waals surface area contributed by atoms with Gasteiger partial charge in [0.2, 0.25) is 10.0 Å². The quantitative estimate of drug-likeness (QED) is 0.576. The van der Waals surface area contributed by atoms with Crippen LogP contribution in [0.4, 0.5) is 0 Å². The number of nitrogens with one attached hydrogen (secondary N) is 1. The van der Waals surface area contributed by atoms with Crippen LogP contribution in [0.1, 0.15) is 24.5 Å². The van der Waals surface area contributed by atoms with Gasteiger partial charge in [-0.3, -0.25) is 0 Å². The van der Waals surface area contributed by atoms with Crippen LogP contribution in [-0.4, -0.2) is 38.9 Å². The Labute approximate surface area is 167 Å². The lowest BCUT2D eigenvalue weighted by atomic mass is 9.99. The zero-order valence-electron chi connectivity index (χ0n) is 16.2. The van der Waals surface area contributed by atoms with Crippen molar-refractivity contribution in [1.29, 1.82) is 0 Å². The van der Waals surface area contributed by atoms with Crippen molar-refractivity contribution in [3.63, 3.8) is 0 Å². The SMILES string of the molecule is CCNC(=NCc1cccc(S(N)(=O)=O)c1)N1CCC(Cc2ccccc2)C1. The van der Waals surface area contributed by atoms with E-state index in [1.165, 1.54) is 11.6 Å². The van der Waals surface area contributed by atoms with Gasteiger partial charge in [-0.15, -0.1) is 0 Å². The van der Waals surface area contributed by atoms with E-state index in [-0.39, 0.29) is 4.90 Å². The number of rotatable bonds is 6. The minimum atomic E-state index is -3.70. The summed E-state index contributed by atoms with van der Waals surface area (Å²) in [5.41, 5.74) is 2.19.